The van der Waals surface area contributed by atoms with Gasteiger partial charge in [0.1, 0.15) is 0 Å². The molecule has 94 valence electrons. The van der Waals surface area contributed by atoms with Crippen LogP contribution >= 0.6 is 0 Å². The van der Waals surface area contributed by atoms with Crippen LogP contribution in [0.5, 0.6) is 0 Å². The van der Waals surface area contributed by atoms with Gasteiger partial charge >= 0.3 is 0 Å². The number of amides is 1. The smallest absolute Gasteiger partial charge is 0.274 e. The highest BCUT2D eigenvalue weighted by molar-refractivity contribution is 5.92. The number of hydrogen-bond donors (Lipinski definition) is 1. The molecular formula is C12H20N4O. The maximum atomic E-state index is 12.2. The highest BCUT2D eigenvalue weighted by Gasteiger charge is 2.24. The fourth-order valence-electron chi connectivity index (χ4n) is 2.20. The Morgan fingerprint density at radius 3 is 2.59 bits per heavy atom. The number of aryl methyl sites for hydroxylation is 2. The summed E-state index contributed by atoms with van der Waals surface area (Å²) in [5, 5.41) is 7.49. The van der Waals surface area contributed by atoms with Crippen molar-refractivity contribution in [3.8, 4) is 0 Å². The van der Waals surface area contributed by atoms with Gasteiger partial charge in [-0.05, 0) is 32.9 Å². The van der Waals surface area contributed by atoms with E-state index in [0.717, 1.165) is 31.6 Å². The molecule has 0 aromatic carbocycles. The van der Waals surface area contributed by atoms with E-state index in [-0.39, 0.29) is 5.91 Å². The monoisotopic (exact) mass is 236 g/mol. The molecule has 1 aliphatic rings. The molecule has 0 radical (unpaired) electrons. The molecule has 1 aromatic heterocycles. The van der Waals surface area contributed by atoms with Crippen molar-refractivity contribution in [1.82, 2.24) is 20.0 Å². The fraction of sp³-hybridized carbons (Fsp3) is 0.667. The zero-order valence-corrected chi connectivity index (χ0v) is 10.7. The quantitative estimate of drug-likeness (QED) is 0.816. The van der Waals surface area contributed by atoms with Crippen LogP contribution in [-0.2, 0) is 7.05 Å². The van der Waals surface area contributed by atoms with E-state index in [1.165, 1.54) is 0 Å². The number of carbonyl (C=O) groups is 1. The third kappa shape index (κ3) is 2.49. The largest absolute Gasteiger partial charge is 0.337 e. The molecule has 0 aliphatic carbocycles. The van der Waals surface area contributed by atoms with Crippen molar-refractivity contribution in [2.24, 2.45) is 7.05 Å². The summed E-state index contributed by atoms with van der Waals surface area (Å²) in [5.74, 6) is 0.0586. The second-order valence-corrected chi connectivity index (χ2v) is 4.65. The number of likely N-dealkylation sites (tertiary alicyclic amines) is 1. The van der Waals surface area contributed by atoms with Crippen molar-refractivity contribution >= 4 is 5.91 Å². The minimum atomic E-state index is 0.0586. The van der Waals surface area contributed by atoms with Crippen LogP contribution in [0.2, 0.25) is 0 Å². The molecule has 0 atom stereocenters. The van der Waals surface area contributed by atoms with Gasteiger partial charge in [0, 0.05) is 31.9 Å². The summed E-state index contributed by atoms with van der Waals surface area (Å²) in [4.78, 5) is 14.1. The number of aromatic nitrogens is 2. The number of piperidine rings is 1. The maximum absolute atomic E-state index is 12.2. The molecular weight excluding hydrogens is 216 g/mol. The van der Waals surface area contributed by atoms with Gasteiger partial charge in [-0.2, -0.15) is 5.10 Å². The van der Waals surface area contributed by atoms with Crippen molar-refractivity contribution in [2.45, 2.75) is 25.8 Å². The molecule has 17 heavy (non-hydrogen) atoms. The molecule has 5 heteroatoms. The Labute approximate surface area is 102 Å². The Balaban J connectivity index is 2.01. The van der Waals surface area contributed by atoms with E-state index in [2.05, 4.69) is 10.4 Å². The first kappa shape index (κ1) is 12.1. The van der Waals surface area contributed by atoms with Gasteiger partial charge in [0.15, 0.2) is 5.69 Å². The molecule has 0 saturated carbocycles. The molecule has 1 aromatic rings. The SMILES string of the molecule is CNC1CCN(C(=O)c2cc(C)n(C)n2)CC1. The van der Waals surface area contributed by atoms with Crippen molar-refractivity contribution in [2.75, 3.05) is 20.1 Å². The summed E-state index contributed by atoms with van der Waals surface area (Å²) < 4.78 is 1.74. The Bertz CT molecular complexity index is 385. The zero-order valence-electron chi connectivity index (χ0n) is 10.7. The maximum Gasteiger partial charge on any atom is 0.274 e. The van der Waals surface area contributed by atoms with Gasteiger partial charge in [0.05, 0.1) is 0 Å². The Morgan fingerprint density at radius 2 is 2.12 bits per heavy atom. The second-order valence-electron chi connectivity index (χ2n) is 4.65. The van der Waals surface area contributed by atoms with Crippen LogP contribution in [0.25, 0.3) is 0 Å². The molecule has 5 nitrogen and oxygen atoms in total. The first-order valence-electron chi connectivity index (χ1n) is 6.09. The van der Waals surface area contributed by atoms with E-state index in [1.807, 2.05) is 32.0 Å². The first-order valence-corrected chi connectivity index (χ1v) is 6.09. The van der Waals surface area contributed by atoms with Gasteiger partial charge in [0.2, 0.25) is 0 Å². The average Bonchev–Trinajstić information content (AvgIpc) is 2.69. The Morgan fingerprint density at radius 1 is 1.47 bits per heavy atom. The van der Waals surface area contributed by atoms with E-state index >= 15 is 0 Å². The van der Waals surface area contributed by atoms with Gasteiger partial charge in [-0.3, -0.25) is 9.48 Å². The molecule has 1 N–H and O–H groups in total. The topological polar surface area (TPSA) is 50.2 Å². The fourth-order valence-corrected chi connectivity index (χ4v) is 2.20. The van der Waals surface area contributed by atoms with Gasteiger partial charge in [-0.1, -0.05) is 0 Å². The van der Waals surface area contributed by atoms with Crippen molar-refractivity contribution in [3.63, 3.8) is 0 Å². The summed E-state index contributed by atoms with van der Waals surface area (Å²) in [6, 6.07) is 2.40. The third-order valence-corrected chi connectivity index (χ3v) is 3.52. The van der Waals surface area contributed by atoms with Crippen LogP contribution in [0.4, 0.5) is 0 Å². The van der Waals surface area contributed by atoms with Crippen LogP contribution in [0.15, 0.2) is 6.07 Å². The number of nitrogens with one attached hydrogen (secondary N) is 1. The molecule has 1 saturated heterocycles. The molecule has 2 rings (SSSR count). The Kier molecular flexibility index (Phi) is 3.47. The number of nitrogens with zero attached hydrogens (tertiary/aromatic N) is 3. The lowest BCUT2D eigenvalue weighted by molar-refractivity contribution is 0.0700. The summed E-state index contributed by atoms with van der Waals surface area (Å²) >= 11 is 0. The Hall–Kier alpha value is -1.36. The predicted molar refractivity (Wildman–Crippen MR) is 65.9 cm³/mol. The lowest BCUT2D eigenvalue weighted by Crippen LogP contribution is -2.44. The number of carbonyl (C=O) groups excluding carboxylic acids is 1. The van der Waals surface area contributed by atoms with Gasteiger partial charge < -0.3 is 10.2 Å². The highest BCUT2D eigenvalue weighted by Crippen LogP contribution is 2.13. The van der Waals surface area contributed by atoms with Crippen LogP contribution in [0.1, 0.15) is 29.0 Å². The first-order chi connectivity index (χ1) is 8.11. The summed E-state index contributed by atoms with van der Waals surface area (Å²) in [6.07, 6.45) is 2.04. The van der Waals surface area contributed by atoms with Gasteiger partial charge in [0.25, 0.3) is 5.91 Å². The van der Waals surface area contributed by atoms with E-state index in [9.17, 15) is 4.79 Å². The van der Waals surface area contributed by atoms with Gasteiger partial charge in [-0.25, -0.2) is 0 Å². The van der Waals surface area contributed by atoms with E-state index < -0.39 is 0 Å². The zero-order chi connectivity index (χ0) is 12.4. The second kappa shape index (κ2) is 4.87. The van der Waals surface area contributed by atoms with Gasteiger partial charge in [-0.15, -0.1) is 0 Å². The standard InChI is InChI=1S/C12H20N4O/c1-9-8-11(14-15(9)3)12(17)16-6-4-10(13-2)5-7-16/h8,10,13H,4-7H2,1-3H3. The normalized spacial score (nSPS) is 17.5. The lowest BCUT2D eigenvalue weighted by Gasteiger charge is -2.31. The molecule has 0 bridgehead atoms. The number of hydrogen-bond acceptors (Lipinski definition) is 3. The third-order valence-electron chi connectivity index (χ3n) is 3.52. The molecule has 1 amide bonds. The number of rotatable bonds is 2. The lowest BCUT2D eigenvalue weighted by atomic mass is 10.1. The minimum absolute atomic E-state index is 0.0586. The molecule has 0 spiro atoms. The summed E-state index contributed by atoms with van der Waals surface area (Å²) in [7, 11) is 3.84. The molecule has 2 heterocycles. The molecule has 0 unspecified atom stereocenters. The van der Waals surface area contributed by atoms with E-state index in [1.54, 1.807) is 4.68 Å². The van der Waals surface area contributed by atoms with Crippen LogP contribution < -0.4 is 5.32 Å². The summed E-state index contributed by atoms with van der Waals surface area (Å²) in [6.45, 7) is 3.59. The molecule has 1 aliphatic heterocycles. The van der Waals surface area contributed by atoms with Crippen molar-refractivity contribution in [3.05, 3.63) is 17.5 Å². The van der Waals surface area contributed by atoms with Crippen LogP contribution in [0, 0.1) is 6.92 Å². The van der Waals surface area contributed by atoms with Crippen molar-refractivity contribution in [1.29, 1.82) is 0 Å². The predicted octanol–water partition coefficient (Wildman–Crippen LogP) is 0.553. The highest BCUT2D eigenvalue weighted by atomic mass is 16.2. The minimum Gasteiger partial charge on any atom is -0.337 e. The van der Waals surface area contributed by atoms with Crippen LogP contribution in [0.3, 0.4) is 0 Å². The average molecular weight is 236 g/mol. The van der Waals surface area contributed by atoms with Crippen molar-refractivity contribution < 1.29 is 4.79 Å². The molecule has 1 fully saturated rings. The van der Waals surface area contributed by atoms with E-state index in [0.29, 0.717) is 11.7 Å². The summed E-state index contributed by atoms with van der Waals surface area (Å²) in [5.41, 5.74) is 1.58. The van der Waals surface area contributed by atoms with E-state index in [4.69, 9.17) is 0 Å². The van der Waals surface area contributed by atoms with Crippen LogP contribution in [-0.4, -0.2) is 46.8 Å².